The van der Waals surface area contributed by atoms with Gasteiger partial charge in [0.05, 0.1) is 11.6 Å². The van der Waals surface area contributed by atoms with Gasteiger partial charge in [-0.15, -0.1) is 0 Å². The van der Waals surface area contributed by atoms with E-state index < -0.39 is 0 Å². The van der Waals surface area contributed by atoms with Gasteiger partial charge in [-0.25, -0.2) is 0 Å². The lowest BCUT2D eigenvalue weighted by Gasteiger charge is -2.18. The molecule has 0 aromatic heterocycles. The topological polar surface area (TPSA) is 58.6 Å². The fourth-order valence-electron chi connectivity index (χ4n) is 2.18. The summed E-state index contributed by atoms with van der Waals surface area (Å²) in [6.07, 6.45) is 0. The number of aryl methyl sites for hydroxylation is 2. The number of carbonyl (C=O) groups excluding carboxylic acids is 2. The van der Waals surface area contributed by atoms with Crippen LogP contribution in [0.3, 0.4) is 0 Å². The van der Waals surface area contributed by atoms with Gasteiger partial charge in [0.15, 0.2) is 6.61 Å². The molecule has 0 saturated heterocycles. The molecular formula is C19H21ClN2O3. The first kappa shape index (κ1) is 18.8. The predicted octanol–water partition coefficient (Wildman–Crippen LogP) is 3.43. The summed E-state index contributed by atoms with van der Waals surface area (Å²) in [5, 5.41) is 3.26. The first-order valence-electron chi connectivity index (χ1n) is 7.85. The van der Waals surface area contributed by atoms with E-state index in [0.717, 1.165) is 16.8 Å². The number of carbonyl (C=O) groups is 2. The second-order valence-electron chi connectivity index (χ2n) is 5.84. The Morgan fingerprint density at radius 2 is 1.88 bits per heavy atom. The minimum Gasteiger partial charge on any atom is -0.482 e. The summed E-state index contributed by atoms with van der Waals surface area (Å²) >= 11 is 5.98. The van der Waals surface area contributed by atoms with Crippen molar-refractivity contribution in [2.75, 3.05) is 25.5 Å². The largest absolute Gasteiger partial charge is 0.482 e. The van der Waals surface area contributed by atoms with Crippen molar-refractivity contribution in [3.8, 4) is 5.75 Å². The van der Waals surface area contributed by atoms with E-state index in [1.807, 2.05) is 32.0 Å². The predicted molar refractivity (Wildman–Crippen MR) is 99.1 cm³/mol. The normalized spacial score (nSPS) is 10.2. The van der Waals surface area contributed by atoms with Crippen LogP contribution < -0.4 is 10.1 Å². The number of amides is 2. The van der Waals surface area contributed by atoms with E-state index in [1.165, 1.54) is 4.90 Å². The second kappa shape index (κ2) is 8.53. The van der Waals surface area contributed by atoms with Gasteiger partial charge in [-0.3, -0.25) is 9.59 Å². The lowest BCUT2D eigenvalue weighted by atomic mass is 10.1. The molecule has 0 spiro atoms. The molecule has 0 aliphatic carbocycles. The SMILES string of the molecule is Cc1ccc(C)c(NC(=O)CN(C)C(=O)COc2ccccc2Cl)c1. The number of ether oxygens (including phenoxy) is 1. The van der Waals surface area contributed by atoms with Crippen molar-refractivity contribution in [1.82, 2.24) is 4.90 Å². The van der Waals surface area contributed by atoms with E-state index in [4.69, 9.17) is 16.3 Å². The third kappa shape index (κ3) is 5.50. The van der Waals surface area contributed by atoms with Crippen LogP contribution >= 0.6 is 11.6 Å². The zero-order valence-electron chi connectivity index (χ0n) is 14.5. The maximum atomic E-state index is 12.2. The van der Waals surface area contributed by atoms with Gasteiger partial charge in [0.25, 0.3) is 5.91 Å². The van der Waals surface area contributed by atoms with Gasteiger partial charge < -0.3 is 15.0 Å². The van der Waals surface area contributed by atoms with Gasteiger partial charge in [-0.2, -0.15) is 0 Å². The van der Waals surface area contributed by atoms with Crippen LogP contribution in [0.2, 0.25) is 5.02 Å². The molecule has 2 amide bonds. The Morgan fingerprint density at radius 1 is 1.16 bits per heavy atom. The van der Waals surface area contributed by atoms with Crippen LogP contribution in [0.1, 0.15) is 11.1 Å². The molecule has 0 aliphatic rings. The van der Waals surface area contributed by atoms with Gasteiger partial charge in [0, 0.05) is 12.7 Å². The number of para-hydroxylation sites is 1. The lowest BCUT2D eigenvalue weighted by Crippen LogP contribution is -2.37. The fourth-order valence-corrected chi connectivity index (χ4v) is 2.37. The minimum atomic E-state index is -0.309. The summed E-state index contributed by atoms with van der Waals surface area (Å²) < 4.78 is 5.40. The van der Waals surface area contributed by atoms with Crippen LogP contribution in [0.5, 0.6) is 5.75 Å². The number of rotatable bonds is 6. The molecule has 25 heavy (non-hydrogen) atoms. The maximum Gasteiger partial charge on any atom is 0.260 e. The Morgan fingerprint density at radius 3 is 2.60 bits per heavy atom. The van der Waals surface area contributed by atoms with E-state index in [0.29, 0.717) is 10.8 Å². The van der Waals surface area contributed by atoms with Crippen LogP contribution in [-0.4, -0.2) is 36.9 Å². The number of halogens is 1. The number of hydrogen-bond acceptors (Lipinski definition) is 3. The summed E-state index contributed by atoms with van der Waals surface area (Å²) in [6, 6.07) is 12.7. The van der Waals surface area contributed by atoms with Crippen molar-refractivity contribution >= 4 is 29.1 Å². The molecule has 0 heterocycles. The zero-order chi connectivity index (χ0) is 18.4. The molecule has 0 atom stereocenters. The Kier molecular flexibility index (Phi) is 6.42. The molecule has 132 valence electrons. The van der Waals surface area contributed by atoms with Gasteiger partial charge in [0.1, 0.15) is 5.75 Å². The molecule has 1 N–H and O–H groups in total. The molecule has 0 bridgehead atoms. The smallest absolute Gasteiger partial charge is 0.260 e. The van der Waals surface area contributed by atoms with E-state index in [9.17, 15) is 9.59 Å². The van der Waals surface area contributed by atoms with Crippen molar-refractivity contribution in [2.45, 2.75) is 13.8 Å². The van der Waals surface area contributed by atoms with Crippen molar-refractivity contribution in [1.29, 1.82) is 0 Å². The zero-order valence-corrected chi connectivity index (χ0v) is 15.3. The molecule has 0 radical (unpaired) electrons. The number of benzene rings is 2. The molecule has 0 saturated carbocycles. The monoisotopic (exact) mass is 360 g/mol. The first-order valence-corrected chi connectivity index (χ1v) is 8.23. The molecule has 0 aliphatic heterocycles. The quantitative estimate of drug-likeness (QED) is 0.858. The summed E-state index contributed by atoms with van der Waals surface area (Å²) in [6.45, 7) is 3.63. The average Bonchev–Trinajstić information content (AvgIpc) is 2.57. The molecule has 2 aromatic carbocycles. The van der Waals surface area contributed by atoms with Crippen LogP contribution in [0.15, 0.2) is 42.5 Å². The van der Waals surface area contributed by atoms with Crippen molar-refractivity contribution in [2.24, 2.45) is 0 Å². The minimum absolute atomic E-state index is 0.0574. The Hall–Kier alpha value is -2.53. The third-order valence-corrected chi connectivity index (χ3v) is 3.97. The highest BCUT2D eigenvalue weighted by Crippen LogP contribution is 2.23. The summed E-state index contributed by atoms with van der Waals surface area (Å²) in [7, 11) is 1.56. The van der Waals surface area contributed by atoms with Crippen LogP contribution in [-0.2, 0) is 9.59 Å². The van der Waals surface area contributed by atoms with Gasteiger partial charge in [-0.1, -0.05) is 35.9 Å². The van der Waals surface area contributed by atoms with E-state index in [2.05, 4.69) is 5.32 Å². The number of hydrogen-bond donors (Lipinski definition) is 1. The molecule has 0 fully saturated rings. The molecular weight excluding hydrogens is 340 g/mol. The Bertz CT molecular complexity index is 777. The standard InChI is InChI=1S/C19H21ClN2O3/c1-13-8-9-14(2)16(10-13)21-18(23)11-22(3)19(24)12-25-17-7-5-4-6-15(17)20/h4-10H,11-12H2,1-3H3,(H,21,23). The first-order chi connectivity index (χ1) is 11.9. The van der Waals surface area contributed by atoms with Gasteiger partial charge >= 0.3 is 0 Å². The maximum absolute atomic E-state index is 12.2. The summed E-state index contributed by atoms with van der Waals surface area (Å²) in [5.41, 5.74) is 2.77. The summed E-state index contributed by atoms with van der Waals surface area (Å²) in [5.74, 6) is -0.135. The van der Waals surface area contributed by atoms with Crippen molar-refractivity contribution in [3.05, 3.63) is 58.6 Å². The highest BCUT2D eigenvalue weighted by Gasteiger charge is 2.15. The highest BCUT2D eigenvalue weighted by molar-refractivity contribution is 6.32. The van der Waals surface area contributed by atoms with Crippen molar-refractivity contribution < 1.29 is 14.3 Å². The van der Waals surface area contributed by atoms with E-state index in [-0.39, 0.29) is 25.0 Å². The summed E-state index contributed by atoms with van der Waals surface area (Å²) in [4.78, 5) is 25.6. The van der Waals surface area contributed by atoms with Crippen LogP contribution in [0, 0.1) is 13.8 Å². The van der Waals surface area contributed by atoms with E-state index >= 15 is 0 Å². The number of nitrogens with zero attached hydrogens (tertiary/aromatic N) is 1. The molecule has 5 nitrogen and oxygen atoms in total. The Labute approximate surface area is 152 Å². The molecule has 0 unspecified atom stereocenters. The van der Waals surface area contributed by atoms with Gasteiger partial charge in [0.2, 0.25) is 5.91 Å². The van der Waals surface area contributed by atoms with E-state index in [1.54, 1.807) is 31.3 Å². The molecule has 2 aromatic rings. The van der Waals surface area contributed by atoms with Crippen LogP contribution in [0.4, 0.5) is 5.69 Å². The average molecular weight is 361 g/mol. The number of nitrogens with one attached hydrogen (secondary N) is 1. The third-order valence-electron chi connectivity index (χ3n) is 3.66. The highest BCUT2D eigenvalue weighted by atomic mass is 35.5. The Balaban J connectivity index is 1.86. The van der Waals surface area contributed by atoms with Crippen molar-refractivity contribution in [3.63, 3.8) is 0 Å². The van der Waals surface area contributed by atoms with Crippen LogP contribution in [0.25, 0.3) is 0 Å². The second-order valence-corrected chi connectivity index (χ2v) is 6.24. The molecule has 2 rings (SSSR count). The fraction of sp³-hybridized carbons (Fsp3) is 0.263. The lowest BCUT2D eigenvalue weighted by molar-refractivity contribution is -0.135. The number of likely N-dealkylation sites (N-methyl/N-ethyl adjacent to an activating group) is 1. The number of anilines is 1. The van der Waals surface area contributed by atoms with Gasteiger partial charge in [-0.05, 0) is 43.2 Å². The molecule has 6 heteroatoms.